The van der Waals surface area contributed by atoms with Crippen LogP contribution in [0.25, 0.3) is 32.1 Å². The van der Waals surface area contributed by atoms with E-state index < -0.39 is 0 Å². The monoisotopic (exact) mass is 320 g/mol. The summed E-state index contributed by atoms with van der Waals surface area (Å²) in [5.74, 6) is 0.270. The van der Waals surface area contributed by atoms with E-state index in [0.29, 0.717) is 0 Å². The van der Waals surface area contributed by atoms with Gasteiger partial charge >= 0.3 is 0 Å². The highest BCUT2D eigenvalue weighted by atomic mass is 32.1. The van der Waals surface area contributed by atoms with Gasteiger partial charge in [-0.15, -0.1) is 11.3 Å². The van der Waals surface area contributed by atoms with Crippen LogP contribution in [-0.2, 0) is 0 Å². The molecule has 2 aromatic heterocycles. The van der Waals surface area contributed by atoms with Gasteiger partial charge in [-0.2, -0.15) is 0 Å². The highest BCUT2D eigenvalue weighted by Gasteiger charge is 2.14. The average molecular weight is 320 g/mol. The Balaban J connectivity index is 2.05. The second kappa shape index (κ2) is 5.33. The van der Waals surface area contributed by atoms with Gasteiger partial charge < -0.3 is 10.8 Å². The smallest absolute Gasteiger partial charge is 0.124 e. The van der Waals surface area contributed by atoms with Crippen LogP contribution < -0.4 is 5.73 Å². The van der Waals surface area contributed by atoms with Gasteiger partial charge in [0.15, 0.2) is 0 Å². The lowest BCUT2D eigenvalue weighted by molar-refractivity contribution is 0.478. The van der Waals surface area contributed by atoms with Gasteiger partial charge in [0, 0.05) is 28.6 Å². The predicted octanol–water partition coefficient (Wildman–Crippen LogP) is 4.84. The van der Waals surface area contributed by atoms with Crippen molar-refractivity contribution in [3.63, 3.8) is 0 Å². The lowest BCUT2D eigenvalue weighted by atomic mass is 9.96. The number of nitrogens with two attached hydrogens (primary N) is 1. The first-order valence-electron chi connectivity index (χ1n) is 7.49. The molecule has 0 saturated heterocycles. The molecule has 3 nitrogen and oxygen atoms in total. The van der Waals surface area contributed by atoms with E-state index in [4.69, 9.17) is 5.73 Å². The Morgan fingerprint density at radius 3 is 2.61 bits per heavy atom. The molecule has 2 aromatic carbocycles. The molecule has 0 aliphatic rings. The van der Waals surface area contributed by atoms with Crippen molar-refractivity contribution in [2.24, 2.45) is 5.73 Å². The third-order valence-electron chi connectivity index (χ3n) is 4.17. The lowest BCUT2D eigenvalue weighted by Crippen LogP contribution is -2.04. The number of benzene rings is 2. The zero-order valence-corrected chi connectivity index (χ0v) is 13.5. The zero-order valence-electron chi connectivity index (χ0n) is 12.7. The molecule has 23 heavy (non-hydrogen) atoms. The van der Waals surface area contributed by atoms with Crippen LogP contribution in [0.2, 0.25) is 0 Å². The molecule has 4 heteroatoms. The molecule has 0 aliphatic carbocycles. The third-order valence-corrected chi connectivity index (χ3v) is 5.02. The normalized spacial score (nSPS) is 12.8. The van der Waals surface area contributed by atoms with Gasteiger partial charge in [0.1, 0.15) is 5.75 Å². The van der Waals surface area contributed by atoms with Crippen LogP contribution in [0.1, 0.15) is 18.5 Å². The molecule has 0 aliphatic heterocycles. The predicted molar refractivity (Wildman–Crippen MR) is 96.8 cm³/mol. The first-order valence-corrected chi connectivity index (χ1v) is 8.37. The number of aromatic nitrogens is 1. The summed E-state index contributed by atoms with van der Waals surface area (Å²) in [4.78, 5) is 4.53. The van der Waals surface area contributed by atoms with Crippen molar-refractivity contribution in [1.29, 1.82) is 0 Å². The fraction of sp³-hybridized carbons (Fsp3) is 0.105. The molecular weight excluding hydrogens is 304 g/mol. The van der Waals surface area contributed by atoms with E-state index >= 15 is 0 Å². The molecule has 0 fully saturated rings. The molecule has 0 saturated carbocycles. The SMILES string of the molecule is C[C@@H](N)c1ccc(-c2c(O)ccc3ncc4sccc4c23)cc1. The number of hydrogen-bond donors (Lipinski definition) is 2. The standard InChI is InChI=1S/C19H16N2OS/c1-11(20)12-2-4-13(5-3-12)18-16(22)7-6-15-19(18)14-8-9-23-17(14)10-21-15/h2-11,22H,20H2,1H3/t11-/m1/s1. The number of aromatic hydroxyl groups is 1. The summed E-state index contributed by atoms with van der Waals surface area (Å²) in [5, 5.41) is 14.7. The van der Waals surface area contributed by atoms with Gasteiger partial charge in [-0.3, -0.25) is 4.98 Å². The molecule has 4 rings (SSSR count). The number of phenols is 1. The van der Waals surface area contributed by atoms with Crippen LogP contribution in [0.4, 0.5) is 0 Å². The number of pyridine rings is 1. The summed E-state index contributed by atoms with van der Waals surface area (Å²) < 4.78 is 1.12. The Hall–Kier alpha value is -2.43. The van der Waals surface area contributed by atoms with Crippen molar-refractivity contribution < 1.29 is 5.11 Å². The van der Waals surface area contributed by atoms with Crippen molar-refractivity contribution in [2.75, 3.05) is 0 Å². The van der Waals surface area contributed by atoms with E-state index in [-0.39, 0.29) is 11.8 Å². The zero-order chi connectivity index (χ0) is 16.0. The molecule has 0 unspecified atom stereocenters. The summed E-state index contributed by atoms with van der Waals surface area (Å²) in [6, 6.07) is 13.7. The van der Waals surface area contributed by atoms with E-state index in [2.05, 4.69) is 16.4 Å². The van der Waals surface area contributed by atoms with Crippen molar-refractivity contribution >= 4 is 32.3 Å². The van der Waals surface area contributed by atoms with Gasteiger partial charge in [-0.25, -0.2) is 0 Å². The molecule has 4 aromatic rings. The van der Waals surface area contributed by atoms with Crippen LogP contribution in [-0.4, -0.2) is 10.1 Å². The Bertz CT molecular complexity index is 1000. The first kappa shape index (κ1) is 14.2. The Morgan fingerprint density at radius 2 is 1.87 bits per heavy atom. The van der Waals surface area contributed by atoms with Crippen molar-refractivity contribution in [3.8, 4) is 16.9 Å². The van der Waals surface area contributed by atoms with Crippen molar-refractivity contribution in [2.45, 2.75) is 13.0 Å². The minimum Gasteiger partial charge on any atom is -0.507 e. The Labute approximate surface area is 138 Å². The van der Waals surface area contributed by atoms with Gasteiger partial charge in [0.05, 0.1) is 10.2 Å². The summed E-state index contributed by atoms with van der Waals surface area (Å²) in [5.41, 5.74) is 9.69. The molecule has 1 atom stereocenters. The molecule has 114 valence electrons. The Morgan fingerprint density at radius 1 is 1.09 bits per heavy atom. The first-order chi connectivity index (χ1) is 11.1. The van der Waals surface area contributed by atoms with E-state index in [1.54, 1.807) is 17.4 Å². The van der Waals surface area contributed by atoms with Crippen LogP contribution in [0.5, 0.6) is 5.75 Å². The van der Waals surface area contributed by atoms with Gasteiger partial charge in [0.2, 0.25) is 0 Å². The molecule has 0 spiro atoms. The lowest BCUT2D eigenvalue weighted by Gasteiger charge is -2.12. The van der Waals surface area contributed by atoms with E-state index in [9.17, 15) is 5.11 Å². The number of phenolic OH excluding ortho intramolecular Hbond substituents is 1. The summed E-state index contributed by atoms with van der Waals surface area (Å²) in [7, 11) is 0. The highest BCUT2D eigenvalue weighted by molar-refractivity contribution is 7.17. The molecule has 3 N–H and O–H groups in total. The maximum absolute atomic E-state index is 10.5. The largest absolute Gasteiger partial charge is 0.507 e. The van der Waals surface area contributed by atoms with E-state index in [1.807, 2.05) is 43.5 Å². The quantitative estimate of drug-likeness (QED) is 0.555. The fourth-order valence-electron chi connectivity index (χ4n) is 2.96. The van der Waals surface area contributed by atoms with Crippen LogP contribution in [0.3, 0.4) is 0 Å². The second-order valence-corrected chi connectivity index (χ2v) is 6.67. The summed E-state index contributed by atoms with van der Waals surface area (Å²) in [6.45, 7) is 1.96. The Kier molecular flexibility index (Phi) is 3.29. The van der Waals surface area contributed by atoms with Crippen LogP contribution in [0.15, 0.2) is 54.0 Å². The maximum atomic E-state index is 10.5. The van der Waals surface area contributed by atoms with Crippen LogP contribution in [0, 0.1) is 0 Å². The molecular formula is C19H16N2OS. The van der Waals surface area contributed by atoms with Gasteiger partial charge in [0.25, 0.3) is 0 Å². The van der Waals surface area contributed by atoms with Crippen molar-refractivity contribution in [1.82, 2.24) is 4.98 Å². The van der Waals surface area contributed by atoms with Gasteiger partial charge in [-0.05, 0) is 41.6 Å². The molecule has 0 bridgehead atoms. The fourth-order valence-corrected chi connectivity index (χ4v) is 3.72. The van der Waals surface area contributed by atoms with Crippen molar-refractivity contribution in [3.05, 3.63) is 59.6 Å². The van der Waals surface area contributed by atoms with Crippen LogP contribution >= 0.6 is 11.3 Å². The number of nitrogens with zero attached hydrogens (tertiary/aromatic N) is 1. The number of fused-ring (bicyclic) bond motifs is 3. The maximum Gasteiger partial charge on any atom is 0.124 e. The third kappa shape index (κ3) is 2.27. The summed E-state index contributed by atoms with van der Waals surface area (Å²) >= 11 is 1.66. The minimum atomic E-state index is -0.00425. The number of rotatable bonds is 2. The summed E-state index contributed by atoms with van der Waals surface area (Å²) in [6.07, 6.45) is 1.89. The molecule has 0 radical (unpaired) electrons. The number of thiophene rings is 1. The molecule has 0 amide bonds. The van der Waals surface area contributed by atoms with E-state index in [0.717, 1.165) is 37.7 Å². The topological polar surface area (TPSA) is 59.1 Å². The highest BCUT2D eigenvalue weighted by Crippen LogP contribution is 2.40. The van der Waals surface area contributed by atoms with Gasteiger partial charge in [-0.1, -0.05) is 24.3 Å². The second-order valence-electron chi connectivity index (χ2n) is 5.72. The number of hydrogen-bond acceptors (Lipinski definition) is 4. The van der Waals surface area contributed by atoms with E-state index in [1.165, 1.54) is 0 Å². The molecule has 2 heterocycles. The average Bonchev–Trinajstić information content (AvgIpc) is 3.03. The minimum absolute atomic E-state index is 0.00425.